The van der Waals surface area contributed by atoms with Gasteiger partial charge in [-0.25, -0.2) is 0 Å². The lowest BCUT2D eigenvalue weighted by atomic mass is 10.0. The van der Waals surface area contributed by atoms with E-state index in [-0.39, 0.29) is 0 Å². The van der Waals surface area contributed by atoms with E-state index in [9.17, 15) is 0 Å². The summed E-state index contributed by atoms with van der Waals surface area (Å²) in [5, 5.41) is 0. The standard InChI is InChI=1S/C10H23N3/c1-9(11)8-13-6-4-10(5-7-13)12(2)3/h9-10H,4-8,11H2,1-3H3/t9-/m1/s1. The van der Waals surface area contributed by atoms with Gasteiger partial charge in [0.15, 0.2) is 0 Å². The zero-order chi connectivity index (χ0) is 9.84. The molecule has 1 heterocycles. The molecular weight excluding hydrogens is 162 g/mol. The van der Waals surface area contributed by atoms with Crippen molar-refractivity contribution in [2.75, 3.05) is 33.7 Å². The minimum Gasteiger partial charge on any atom is -0.327 e. The molecule has 1 aliphatic rings. The van der Waals surface area contributed by atoms with Crippen molar-refractivity contribution in [1.82, 2.24) is 9.80 Å². The van der Waals surface area contributed by atoms with E-state index in [1.54, 1.807) is 0 Å². The molecule has 13 heavy (non-hydrogen) atoms. The number of nitrogens with zero attached hydrogens (tertiary/aromatic N) is 2. The van der Waals surface area contributed by atoms with Crippen LogP contribution in [0.5, 0.6) is 0 Å². The summed E-state index contributed by atoms with van der Waals surface area (Å²) < 4.78 is 0. The molecule has 0 amide bonds. The summed E-state index contributed by atoms with van der Waals surface area (Å²) in [6.45, 7) is 5.56. The largest absolute Gasteiger partial charge is 0.327 e. The Morgan fingerprint density at radius 2 is 1.92 bits per heavy atom. The summed E-state index contributed by atoms with van der Waals surface area (Å²) >= 11 is 0. The number of likely N-dealkylation sites (tertiary alicyclic amines) is 1. The molecule has 0 radical (unpaired) electrons. The van der Waals surface area contributed by atoms with Gasteiger partial charge in [-0.05, 0) is 47.0 Å². The van der Waals surface area contributed by atoms with Gasteiger partial charge in [0.05, 0.1) is 0 Å². The van der Waals surface area contributed by atoms with E-state index < -0.39 is 0 Å². The SMILES string of the molecule is C[C@@H](N)CN1CCC(N(C)C)CC1. The van der Waals surface area contributed by atoms with Crippen LogP contribution >= 0.6 is 0 Å². The molecule has 1 saturated heterocycles. The number of nitrogens with two attached hydrogens (primary N) is 1. The Labute approximate surface area is 81.9 Å². The van der Waals surface area contributed by atoms with Crippen molar-refractivity contribution >= 4 is 0 Å². The summed E-state index contributed by atoms with van der Waals surface area (Å²) in [6, 6.07) is 1.10. The van der Waals surface area contributed by atoms with E-state index in [1.165, 1.54) is 25.9 Å². The van der Waals surface area contributed by atoms with Gasteiger partial charge in [0.25, 0.3) is 0 Å². The van der Waals surface area contributed by atoms with Gasteiger partial charge in [0.2, 0.25) is 0 Å². The van der Waals surface area contributed by atoms with Gasteiger partial charge in [0, 0.05) is 18.6 Å². The molecule has 0 unspecified atom stereocenters. The number of hydrogen-bond donors (Lipinski definition) is 1. The molecule has 0 spiro atoms. The third kappa shape index (κ3) is 3.63. The predicted octanol–water partition coefficient (Wildman–Crippen LogP) is 0.360. The van der Waals surface area contributed by atoms with Crippen LogP contribution in [-0.4, -0.2) is 55.6 Å². The minimum absolute atomic E-state index is 0.316. The second-order valence-electron chi connectivity index (χ2n) is 4.47. The third-order valence-corrected chi connectivity index (χ3v) is 2.83. The molecule has 0 aliphatic carbocycles. The van der Waals surface area contributed by atoms with Crippen LogP contribution in [0.2, 0.25) is 0 Å². The maximum Gasteiger partial charge on any atom is 0.0139 e. The van der Waals surface area contributed by atoms with Gasteiger partial charge < -0.3 is 15.5 Å². The van der Waals surface area contributed by atoms with E-state index in [4.69, 9.17) is 5.73 Å². The van der Waals surface area contributed by atoms with E-state index in [2.05, 4.69) is 30.8 Å². The fourth-order valence-electron chi connectivity index (χ4n) is 2.03. The summed E-state index contributed by atoms with van der Waals surface area (Å²) in [5.74, 6) is 0. The normalized spacial score (nSPS) is 23.8. The fraction of sp³-hybridized carbons (Fsp3) is 1.00. The molecule has 0 aromatic carbocycles. The van der Waals surface area contributed by atoms with Gasteiger partial charge in [-0.15, -0.1) is 0 Å². The lowest BCUT2D eigenvalue weighted by Crippen LogP contribution is -2.45. The molecule has 2 N–H and O–H groups in total. The fourth-order valence-corrected chi connectivity index (χ4v) is 2.03. The van der Waals surface area contributed by atoms with Gasteiger partial charge in [-0.1, -0.05) is 0 Å². The van der Waals surface area contributed by atoms with Crippen LogP contribution in [-0.2, 0) is 0 Å². The Balaban J connectivity index is 2.22. The zero-order valence-corrected chi connectivity index (χ0v) is 9.16. The first-order valence-corrected chi connectivity index (χ1v) is 5.24. The predicted molar refractivity (Wildman–Crippen MR) is 56.8 cm³/mol. The van der Waals surface area contributed by atoms with Gasteiger partial charge in [-0.3, -0.25) is 0 Å². The topological polar surface area (TPSA) is 32.5 Å². The highest BCUT2D eigenvalue weighted by molar-refractivity contribution is 4.78. The highest BCUT2D eigenvalue weighted by atomic mass is 15.2. The lowest BCUT2D eigenvalue weighted by molar-refractivity contribution is 0.141. The van der Waals surface area contributed by atoms with Crippen molar-refractivity contribution in [2.24, 2.45) is 5.73 Å². The number of piperidine rings is 1. The molecule has 3 nitrogen and oxygen atoms in total. The molecule has 0 aromatic heterocycles. The van der Waals surface area contributed by atoms with Crippen LogP contribution in [0.1, 0.15) is 19.8 Å². The zero-order valence-electron chi connectivity index (χ0n) is 9.16. The van der Waals surface area contributed by atoms with E-state index in [0.29, 0.717) is 6.04 Å². The third-order valence-electron chi connectivity index (χ3n) is 2.83. The van der Waals surface area contributed by atoms with Crippen molar-refractivity contribution < 1.29 is 0 Å². The Morgan fingerprint density at radius 1 is 1.38 bits per heavy atom. The van der Waals surface area contributed by atoms with Crippen LogP contribution in [0.25, 0.3) is 0 Å². The quantitative estimate of drug-likeness (QED) is 0.689. The van der Waals surface area contributed by atoms with E-state index in [0.717, 1.165) is 12.6 Å². The van der Waals surface area contributed by atoms with Crippen molar-refractivity contribution in [3.8, 4) is 0 Å². The van der Waals surface area contributed by atoms with Crippen LogP contribution in [0.15, 0.2) is 0 Å². The number of rotatable bonds is 3. The van der Waals surface area contributed by atoms with Gasteiger partial charge in [-0.2, -0.15) is 0 Å². The Morgan fingerprint density at radius 3 is 2.31 bits per heavy atom. The highest BCUT2D eigenvalue weighted by Gasteiger charge is 2.20. The molecule has 0 saturated carbocycles. The molecular formula is C10H23N3. The molecule has 1 fully saturated rings. The van der Waals surface area contributed by atoms with Gasteiger partial charge >= 0.3 is 0 Å². The van der Waals surface area contributed by atoms with Crippen molar-refractivity contribution in [3.63, 3.8) is 0 Å². The molecule has 1 aliphatic heterocycles. The molecule has 78 valence electrons. The minimum atomic E-state index is 0.316. The van der Waals surface area contributed by atoms with Crippen LogP contribution in [0.4, 0.5) is 0 Å². The van der Waals surface area contributed by atoms with Crippen molar-refractivity contribution in [3.05, 3.63) is 0 Å². The van der Waals surface area contributed by atoms with Crippen LogP contribution in [0, 0.1) is 0 Å². The number of hydrogen-bond acceptors (Lipinski definition) is 3. The molecule has 1 rings (SSSR count). The van der Waals surface area contributed by atoms with E-state index in [1.807, 2.05) is 0 Å². The smallest absolute Gasteiger partial charge is 0.0139 e. The average molecular weight is 185 g/mol. The monoisotopic (exact) mass is 185 g/mol. The summed E-state index contributed by atoms with van der Waals surface area (Å²) in [5.41, 5.74) is 5.77. The summed E-state index contributed by atoms with van der Waals surface area (Å²) in [7, 11) is 4.35. The maximum absolute atomic E-state index is 5.77. The molecule has 0 bridgehead atoms. The Hall–Kier alpha value is -0.120. The van der Waals surface area contributed by atoms with Crippen molar-refractivity contribution in [1.29, 1.82) is 0 Å². The second kappa shape index (κ2) is 4.94. The average Bonchev–Trinajstić information content (AvgIpc) is 2.04. The van der Waals surface area contributed by atoms with Gasteiger partial charge in [0.1, 0.15) is 0 Å². The first-order valence-electron chi connectivity index (χ1n) is 5.24. The first kappa shape index (κ1) is 11.0. The van der Waals surface area contributed by atoms with Crippen LogP contribution in [0.3, 0.4) is 0 Å². The second-order valence-corrected chi connectivity index (χ2v) is 4.47. The van der Waals surface area contributed by atoms with Crippen LogP contribution < -0.4 is 5.73 Å². The summed E-state index contributed by atoms with van der Waals surface area (Å²) in [6.07, 6.45) is 2.58. The summed E-state index contributed by atoms with van der Waals surface area (Å²) in [4.78, 5) is 4.81. The first-order chi connectivity index (χ1) is 6.09. The molecule has 1 atom stereocenters. The molecule has 3 heteroatoms. The molecule has 0 aromatic rings. The highest BCUT2D eigenvalue weighted by Crippen LogP contribution is 2.13. The maximum atomic E-state index is 5.77. The van der Waals surface area contributed by atoms with E-state index >= 15 is 0 Å². The lowest BCUT2D eigenvalue weighted by Gasteiger charge is -2.35. The van der Waals surface area contributed by atoms with Crippen molar-refractivity contribution in [2.45, 2.75) is 31.8 Å². The Bertz CT molecular complexity index is 137. The Kier molecular flexibility index (Phi) is 4.16.